The molecule has 1 aromatic heterocycles. The van der Waals surface area contributed by atoms with E-state index < -0.39 is 11.9 Å². The van der Waals surface area contributed by atoms with Gasteiger partial charge in [-0.3, -0.25) is 4.79 Å². The lowest BCUT2D eigenvalue weighted by Gasteiger charge is -2.06. The third kappa shape index (κ3) is 4.57. The minimum Gasteiger partial charge on any atom is -0.461 e. The summed E-state index contributed by atoms with van der Waals surface area (Å²) in [5.41, 5.74) is 1.00. The zero-order valence-electron chi connectivity index (χ0n) is 14.9. The summed E-state index contributed by atoms with van der Waals surface area (Å²) in [6.07, 6.45) is 2.93. The fourth-order valence-corrected chi connectivity index (χ4v) is 2.21. The van der Waals surface area contributed by atoms with Gasteiger partial charge in [0.2, 0.25) is 0 Å². The summed E-state index contributed by atoms with van der Waals surface area (Å²) in [5, 5.41) is 16.2. The number of amides is 1. The van der Waals surface area contributed by atoms with Crippen LogP contribution in [0.2, 0.25) is 0 Å². The molecule has 7 heteroatoms. The molecule has 1 N–H and O–H groups in total. The van der Waals surface area contributed by atoms with Gasteiger partial charge in [0, 0.05) is 17.8 Å². The Kier molecular flexibility index (Phi) is 6.28. The molecule has 0 bridgehead atoms. The van der Waals surface area contributed by atoms with Gasteiger partial charge in [0.05, 0.1) is 12.3 Å². The highest BCUT2D eigenvalue weighted by Gasteiger charge is 2.19. The van der Waals surface area contributed by atoms with Crippen LogP contribution < -0.4 is 5.32 Å². The second-order valence-electron chi connectivity index (χ2n) is 5.73. The highest BCUT2D eigenvalue weighted by molar-refractivity contribution is 6.03. The number of nitrogens with one attached hydrogen (secondary N) is 1. The molecule has 1 aromatic carbocycles. The standard InChI is InChI=1S/C19H20N4O3/c1-4-26-19(25)17-15(10-14(11-20)18(24)21-13(2)3)12-23(22-17)16-8-6-5-7-9-16/h5-10,12-13H,4H2,1-3H3,(H,21,24)/b14-10-. The Morgan fingerprint density at radius 2 is 2.04 bits per heavy atom. The van der Waals surface area contributed by atoms with Crippen LogP contribution in [-0.2, 0) is 9.53 Å². The SMILES string of the molecule is CCOC(=O)c1nn(-c2ccccc2)cc1/C=C(/C#N)C(=O)NC(C)C. The van der Waals surface area contributed by atoms with Gasteiger partial charge in [-0.15, -0.1) is 0 Å². The minimum absolute atomic E-state index is 0.0424. The van der Waals surface area contributed by atoms with Gasteiger partial charge >= 0.3 is 5.97 Å². The van der Waals surface area contributed by atoms with Crippen LogP contribution in [-0.4, -0.2) is 34.3 Å². The Hall–Kier alpha value is -3.40. The van der Waals surface area contributed by atoms with Gasteiger partial charge in [0.25, 0.3) is 5.91 Å². The Labute approximate surface area is 151 Å². The molecule has 0 atom stereocenters. The maximum Gasteiger partial charge on any atom is 0.359 e. The molecule has 0 unspecified atom stereocenters. The molecule has 7 nitrogen and oxygen atoms in total. The summed E-state index contributed by atoms with van der Waals surface area (Å²) >= 11 is 0. The number of aromatic nitrogens is 2. The quantitative estimate of drug-likeness (QED) is 0.489. The second-order valence-corrected chi connectivity index (χ2v) is 5.73. The lowest BCUT2D eigenvalue weighted by atomic mass is 10.1. The fourth-order valence-electron chi connectivity index (χ4n) is 2.21. The van der Waals surface area contributed by atoms with E-state index in [0.717, 1.165) is 5.69 Å². The van der Waals surface area contributed by atoms with Crippen molar-refractivity contribution in [3.63, 3.8) is 0 Å². The van der Waals surface area contributed by atoms with Crippen molar-refractivity contribution < 1.29 is 14.3 Å². The molecule has 0 aliphatic rings. The molecule has 0 saturated heterocycles. The van der Waals surface area contributed by atoms with E-state index in [4.69, 9.17) is 4.74 Å². The van der Waals surface area contributed by atoms with E-state index in [-0.39, 0.29) is 23.9 Å². The van der Waals surface area contributed by atoms with Gasteiger partial charge in [-0.25, -0.2) is 9.48 Å². The van der Waals surface area contributed by atoms with Gasteiger partial charge in [-0.05, 0) is 39.0 Å². The Balaban J connectivity index is 2.50. The van der Waals surface area contributed by atoms with Gasteiger partial charge < -0.3 is 10.1 Å². The predicted octanol–water partition coefficient (Wildman–Crippen LogP) is 2.48. The Bertz CT molecular complexity index is 861. The van der Waals surface area contributed by atoms with Crippen LogP contribution in [0.25, 0.3) is 11.8 Å². The molecule has 2 aromatic rings. The number of esters is 1. The number of carbonyl (C=O) groups excluding carboxylic acids is 2. The summed E-state index contributed by atoms with van der Waals surface area (Å²) < 4.78 is 6.54. The number of ether oxygens (including phenoxy) is 1. The lowest BCUT2D eigenvalue weighted by Crippen LogP contribution is -2.30. The molecule has 134 valence electrons. The summed E-state index contributed by atoms with van der Waals surface area (Å²) in [7, 11) is 0. The number of hydrogen-bond acceptors (Lipinski definition) is 5. The van der Waals surface area contributed by atoms with E-state index in [1.165, 1.54) is 10.8 Å². The first kappa shape index (κ1) is 18.9. The maximum atomic E-state index is 12.2. The number of hydrogen-bond donors (Lipinski definition) is 1. The zero-order valence-corrected chi connectivity index (χ0v) is 14.9. The summed E-state index contributed by atoms with van der Waals surface area (Å²) in [5.74, 6) is -1.13. The molecule has 0 aliphatic carbocycles. The number of nitrogens with zero attached hydrogens (tertiary/aromatic N) is 3. The topological polar surface area (TPSA) is 97.0 Å². The molecule has 2 rings (SSSR count). The Morgan fingerprint density at radius 1 is 1.35 bits per heavy atom. The van der Waals surface area contributed by atoms with Crippen molar-refractivity contribution in [1.29, 1.82) is 5.26 Å². The Morgan fingerprint density at radius 3 is 2.62 bits per heavy atom. The minimum atomic E-state index is -0.616. The summed E-state index contributed by atoms with van der Waals surface area (Å²) in [4.78, 5) is 24.3. The first-order chi connectivity index (χ1) is 12.5. The average molecular weight is 352 g/mol. The number of para-hydroxylation sites is 1. The molecule has 1 amide bonds. The smallest absolute Gasteiger partial charge is 0.359 e. The highest BCUT2D eigenvalue weighted by Crippen LogP contribution is 2.17. The van der Waals surface area contributed by atoms with Gasteiger partial charge in [0.1, 0.15) is 11.6 Å². The second kappa shape index (κ2) is 8.62. The molecule has 0 aliphatic heterocycles. The first-order valence-electron chi connectivity index (χ1n) is 8.21. The molecule has 0 spiro atoms. The normalized spacial score (nSPS) is 11.1. The third-order valence-electron chi connectivity index (χ3n) is 3.32. The van der Waals surface area contributed by atoms with E-state index in [1.54, 1.807) is 27.0 Å². The van der Waals surface area contributed by atoms with Crippen LogP contribution in [0.5, 0.6) is 0 Å². The third-order valence-corrected chi connectivity index (χ3v) is 3.32. The van der Waals surface area contributed by atoms with Crippen molar-refractivity contribution in [2.24, 2.45) is 0 Å². The van der Waals surface area contributed by atoms with E-state index in [1.807, 2.05) is 36.4 Å². The van der Waals surface area contributed by atoms with Crippen LogP contribution in [0.15, 0.2) is 42.1 Å². The lowest BCUT2D eigenvalue weighted by molar-refractivity contribution is -0.117. The van der Waals surface area contributed by atoms with Crippen LogP contribution in [0.1, 0.15) is 36.8 Å². The molecule has 0 radical (unpaired) electrons. The summed E-state index contributed by atoms with van der Waals surface area (Å²) in [6.45, 7) is 5.48. The number of carbonyl (C=O) groups is 2. The number of nitriles is 1. The van der Waals surface area contributed by atoms with Gasteiger partial charge in [-0.1, -0.05) is 18.2 Å². The van der Waals surface area contributed by atoms with Crippen molar-refractivity contribution in [3.05, 3.63) is 53.4 Å². The molecular formula is C19H20N4O3. The van der Waals surface area contributed by atoms with Crippen LogP contribution in [0.4, 0.5) is 0 Å². The van der Waals surface area contributed by atoms with Crippen LogP contribution >= 0.6 is 0 Å². The van der Waals surface area contributed by atoms with Crippen molar-refractivity contribution >= 4 is 18.0 Å². The first-order valence-corrected chi connectivity index (χ1v) is 8.21. The zero-order chi connectivity index (χ0) is 19.1. The van der Waals surface area contributed by atoms with E-state index >= 15 is 0 Å². The van der Waals surface area contributed by atoms with E-state index in [9.17, 15) is 14.9 Å². The molecule has 0 fully saturated rings. The van der Waals surface area contributed by atoms with Crippen LogP contribution in [0, 0.1) is 11.3 Å². The monoisotopic (exact) mass is 352 g/mol. The van der Waals surface area contributed by atoms with Gasteiger partial charge in [0.15, 0.2) is 5.69 Å². The molecule has 0 saturated carbocycles. The number of rotatable bonds is 6. The molecule has 26 heavy (non-hydrogen) atoms. The largest absolute Gasteiger partial charge is 0.461 e. The van der Waals surface area contributed by atoms with Crippen molar-refractivity contribution in [3.8, 4) is 11.8 Å². The van der Waals surface area contributed by atoms with Crippen LogP contribution in [0.3, 0.4) is 0 Å². The van der Waals surface area contributed by atoms with Crippen molar-refractivity contribution in [1.82, 2.24) is 15.1 Å². The number of benzene rings is 1. The average Bonchev–Trinajstić information content (AvgIpc) is 3.04. The van der Waals surface area contributed by atoms with Gasteiger partial charge in [-0.2, -0.15) is 10.4 Å². The molecule has 1 heterocycles. The van der Waals surface area contributed by atoms with Crippen molar-refractivity contribution in [2.45, 2.75) is 26.8 Å². The maximum absolute atomic E-state index is 12.2. The predicted molar refractivity (Wildman–Crippen MR) is 96.4 cm³/mol. The van der Waals surface area contributed by atoms with E-state index in [0.29, 0.717) is 5.56 Å². The highest BCUT2D eigenvalue weighted by atomic mass is 16.5. The van der Waals surface area contributed by atoms with Crippen molar-refractivity contribution in [2.75, 3.05) is 6.61 Å². The van der Waals surface area contributed by atoms with E-state index in [2.05, 4.69) is 10.4 Å². The fraction of sp³-hybridized carbons (Fsp3) is 0.263. The molecular weight excluding hydrogens is 332 g/mol. The summed E-state index contributed by atoms with van der Waals surface area (Å²) in [6, 6.07) is 10.9.